The Morgan fingerprint density at radius 1 is 1.55 bits per heavy atom. The zero-order valence-corrected chi connectivity index (χ0v) is 7.03. The molecular formula is C6H11ClN2O2. The van der Waals surface area contributed by atoms with Crippen molar-refractivity contribution in [1.82, 2.24) is 10.6 Å². The molecule has 0 unspecified atom stereocenters. The van der Waals surface area contributed by atoms with Crippen LogP contribution >= 0.6 is 12.4 Å². The monoisotopic (exact) mass is 178 g/mol. The average Bonchev–Trinajstić information content (AvgIpc) is 1.88. The fraction of sp³-hybridized carbons (Fsp3) is 0.667. The van der Waals surface area contributed by atoms with Gasteiger partial charge in [0, 0.05) is 6.42 Å². The summed E-state index contributed by atoms with van der Waals surface area (Å²) in [5.41, 5.74) is 0. The Balaban J connectivity index is 0.000001000. The molecule has 1 heterocycles. The maximum Gasteiger partial charge on any atom is 0.243 e. The van der Waals surface area contributed by atoms with Gasteiger partial charge >= 0.3 is 0 Å². The Morgan fingerprint density at radius 3 is 2.64 bits per heavy atom. The maximum absolute atomic E-state index is 10.8. The Labute approximate surface area is 71.1 Å². The zero-order valence-electron chi connectivity index (χ0n) is 6.22. The van der Waals surface area contributed by atoms with E-state index < -0.39 is 0 Å². The molecule has 2 amide bonds. The van der Waals surface area contributed by atoms with E-state index in [4.69, 9.17) is 0 Å². The Hall–Kier alpha value is -0.610. The van der Waals surface area contributed by atoms with E-state index in [-0.39, 0.29) is 30.3 Å². The average molecular weight is 179 g/mol. The van der Waals surface area contributed by atoms with Gasteiger partial charge in [0.05, 0.1) is 6.04 Å². The Bertz CT molecular complexity index is 172. The van der Waals surface area contributed by atoms with Crippen molar-refractivity contribution in [3.8, 4) is 0 Å². The highest BCUT2D eigenvalue weighted by molar-refractivity contribution is 6.00. The molecule has 1 aliphatic rings. The molecule has 5 heteroatoms. The lowest BCUT2D eigenvalue weighted by molar-refractivity contribution is -0.134. The number of imide groups is 1. The first-order chi connectivity index (χ1) is 4.74. The van der Waals surface area contributed by atoms with Crippen molar-refractivity contribution in [2.75, 3.05) is 7.05 Å². The summed E-state index contributed by atoms with van der Waals surface area (Å²) in [5.74, 6) is -0.379. The Kier molecular flexibility index (Phi) is 4.07. The van der Waals surface area contributed by atoms with Gasteiger partial charge in [-0.2, -0.15) is 0 Å². The number of halogens is 1. The largest absolute Gasteiger partial charge is 0.309 e. The lowest BCUT2D eigenvalue weighted by Gasteiger charge is -2.19. The quantitative estimate of drug-likeness (QED) is 0.529. The summed E-state index contributed by atoms with van der Waals surface area (Å²) in [4.78, 5) is 21.4. The second kappa shape index (κ2) is 4.31. The minimum Gasteiger partial charge on any atom is -0.309 e. The summed E-state index contributed by atoms with van der Waals surface area (Å²) >= 11 is 0. The number of piperidine rings is 1. The number of likely N-dealkylation sites (N-methyl/N-ethyl adjacent to an activating group) is 1. The van der Waals surface area contributed by atoms with Crippen molar-refractivity contribution in [1.29, 1.82) is 0 Å². The second-order valence-electron chi connectivity index (χ2n) is 2.29. The molecule has 0 aromatic rings. The molecule has 11 heavy (non-hydrogen) atoms. The highest BCUT2D eigenvalue weighted by Crippen LogP contribution is 2.02. The van der Waals surface area contributed by atoms with Crippen molar-refractivity contribution in [3.05, 3.63) is 0 Å². The van der Waals surface area contributed by atoms with E-state index in [0.29, 0.717) is 12.8 Å². The molecule has 4 nitrogen and oxygen atoms in total. The molecular weight excluding hydrogens is 168 g/mol. The lowest BCUT2D eigenvalue weighted by atomic mass is 10.1. The van der Waals surface area contributed by atoms with Crippen LogP contribution in [-0.2, 0) is 9.59 Å². The molecule has 0 spiro atoms. The normalized spacial score (nSPS) is 23.9. The third-order valence-electron chi connectivity index (χ3n) is 1.59. The number of carbonyl (C=O) groups excluding carboxylic acids is 2. The minimum atomic E-state index is -0.209. The van der Waals surface area contributed by atoms with Gasteiger partial charge in [0.25, 0.3) is 0 Å². The second-order valence-corrected chi connectivity index (χ2v) is 2.29. The van der Waals surface area contributed by atoms with Crippen LogP contribution in [0.3, 0.4) is 0 Å². The first kappa shape index (κ1) is 10.4. The smallest absolute Gasteiger partial charge is 0.243 e. The van der Waals surface area contributed by atoms with E-state index in [1.165, 1.54) is 0 Å². The fourth-order valence-electron chi connectivity index (χ4n) is 0.969. The van der Waals surface area contributed by atoms with Crippen molar-refractivity contribution in [3.63, 3.8) is 0 Å². The van der Waals surface area contributed by atoms with Gasteiger partial charge in [-0.1, -0.05) is 0 Å². The summed E-state index contributed by atoms with van der Waals surface area (Å²) in [6.07, 6.45) is 1.05. The Morgan fingerprint density at radius 2 is 2.18 bits per heavy atom. The molecule has 1 rings (SSSR count). The van der Waals surface area contributed by atoms with Crippen LogP contribution in [0.2, 0.25) is 0 Å². The van der Waals surface area contributed by atoms with Crippen LogP contribution in [0.5, 0.6) is 0 Å². The number of hydrogen-bond donors (Lipinski definition) is 2. The molecule has 0 aliphatic carbocycles. The number of amides is 2. The molecule has 0 aromatic heterocycles. The lowest BCUT2D eigenvalue weighted by Crippen LogP contribution is -2.49. The van der Waals surface area contributed by atoms with Gasteiger partial charge in [0.1, 0.15) is 0 Å². The molecule has 0 saturated carbocycles. The molecule has 0 bridgehead atoms. The molecule has 0 radical (unpaired) electrons. The van der Waals surface area contributed by atoms with Gasteiger partial charge < -0.3 is 5.32 Å². The van der Waals surface area contributed by atoms with Crippen LogP contribution in [0.1, 0.15) is 12.8 Å². The topological polar surface area (TPSA) is 58.2 Å². The van der Waals surface area contributed by atoms with Crippen LogP contribution in [-0.4, -0.2) is 24.9 Å². The van der Waals surface area contributed by atoms with Crippen LogP contribution in [0, 0.1) is 0 Å². The van der Waals surface area contributed by atoms with Crippen molar-refractivity contribution < 1.29 is 9.59 Å². The van der Waals surface area contributed by atoms with Gasteiger partial charge in [-0.05, 0) is 13.5 Å². The summed E-state index contributed by atoms with van der Waals surface area (Å²) in [5, 5.41) is 5.05. The van der Waals surface area contributed by atoms with E-state index in [0.717, 1.165) is 0 Å². The van der Waals surface area contributed by atoms with Gasteiger partial charge in [-0.25, -0.2) is 0 Å². The van der Waals surface area contributed by atoms with E-state index in [1.807, 2.05) is 0 Å². The van der Waals surface area contributed by atoms with E-state index in [9.17, 15) is 9.59 Å². The van der Waals surface area contributed by atoms with Gasteiger partial charge in [-0.3, -0.25) is 14.9 Å². The summed E-state index contributed by atoms with van der Waals surface area (Å²) < 4.78 is 0. The van der Waals surface area contributed by atoms with Crippen LogP contribution < -0.4 is 10.6 Å². The fourth-order valence-corrected chi connectivity index (χ4v) is 0.969. The summed E-state index contributed by atoms with van der Waals surface area (Å²) in [7, 11) is 1.71. The SMILES string of the molecule is CN[C@H]1CCC(=O)NC1=O.Cl. The van der Waals surface area contributed by atoms with Gasteiger partial charge in [0.2, 0.25) is 11.8 Å². The first-order valence-electron chi connectivity index (χ1n) is 3.25. The third kappa shape index (κ3) is 2.48. The standard InChI is InChI=1S/C6H10N2O2.ClH/c1-7-4-2-3-5(9)8-6(4)10;/h4,7H,2-3H2,1H3,(H,8,9,10);1H/t4-;/m0./s1. The predicted molar refractivity (Wildman–Crippen MR) is 42.5 cm³/mol. The van der Waals surface area contributed by atoms with E-state index in [1.54, 1.807) is 7.05 Å². The summed E-state index contributed by atoms with van der Waals surface area (Å²) in [6, 6.07) is -0.183. The van der Waals surface area contributed by atoms with Crippen molar-refractivity contribution in [2.45, 2.75) is 18.9 Å². The molecule has 0 aromatic carbocycles. The molecule has 1 fully saturated rings. The van der Waals surface area contributed by atoms with Crippen LogP contribution in [0.4, 0.5) is 0 Å². The molecule has 1 saturated heterocycles. The van der Waals surface area contributed by atoms with E-state index in [2.05, 4.69) is 10.6 Å². The third-order valence-corrected chi connectivity index (χ3v) is 1.59. The predicted octanol–water partition coefficient (Wildman–Crippen LogP) is -0.567. The van der Waals surface area contributed by atoms with Crippen molar-refractivity contribution >= 4 is 24.2 Å². The molecule has 1 aliphatic heterocycles. The molecule has 64 valence electrons. The summed E-state index contributed by atoms with van der Waals surface area (Å²) in [6.45, 7) is 0. The van der Waals surface area contributed by atoms with Crippen molar-refractivity contribution in [2.24, 2.45) is 0 Å². The maximum atomic E-state index is 10.8. The highest BCUT2D eigenvalue weighted by atomic mass is 35.5. The van der Waals surface area contributed by atoms with Crippen LogP contribution in [0.15, 0.2) is 0 Å². The highest BCUT2D eigenvalue weighted by Gasteiger charge is 2.24. The minimum absolute atomic E-state index is 0. The zero-order chi connectivity index (χ0) is 7.56. The molecule has 1 atom stereocenters. The van der Waals surface area contributed by atoms with Crippen LogP contribution in [0.25, 0.3) is 0 Å². The molecule has 2 N–H and O–H groups in total. The first-order valence-corrected chi connectivity index (χ1v) is 3.25. The number of nitrogens with one attached hydrogen (secondary N) is 2. The van der Waals surface area contributed by atoms with Gasteiger partial charge in [-0.15, -0.1) is 12.4 Å². The number of carbonyl (C=O) groups is 2. The van der Waals surface area contributed by atoms with E-state index >= 15 is 0 Å². The number of rotatable bonds is 1. The van der Waals surface area contributed by atoms with Gasteiger partial charge in [0.15, 0.2) is 0 Å². The number of hydrogen-bond acceptors (Lipinski definition) is 3.